The highest BCUT2D eigenvalue weighted by molar-refractivity contribution is 5.78. The van der Waals surface area contributed by atoms with Crippen LogP contribution in [0.4, 0.5) is 0 Å². The lowest BCUT2D eigenvalue weighted by molar-refractivity contribution is -0.125. The van der Waals surface area contributed by atoms with Crippen molar-refractivity contribution in [1.82, 2.24) is 5.32 Å². The van der Waals surface area contributed by atoms with Crippen LogP contribution in [0.25, 0.3) is 0 Å². The van der Waals surface area contributed by atoms with Crippen molar-refractivity contribution in [3.8, 4) is 17.2 Å². The van der Waals surface area contributed by atoms with E-state index in [9.17, 15) is 9.90 Å². The molecule has 0 unspecified atom stereocenters. The maximum atomic E-state index is 12.0. The van der Waals surface area contributed by atoms with Crippen LogP contribution in [0.5, 0.6) is 17.2 Å². The second-order valence-corrected chi connectivity index (χ2v) is 5.71. The number of allylic oxidation sites excluding steroid dienone is 2. The van der Waals surface area contributed by atoms with Gasteiger partial charge in [0.05, 0.1) is 0 Å². The zero-order chi connectivity index (χ0) is 16.1. The van der Waals surface area contributed by atoms with Gasteiger partial charge in [0.2, 0.25) is 12.7 Å². The predicted octanol–water partition coefficient (Wildman–Crippen LogP) is 1.63. The average Bonchev–Trinajstić information content (AvgIpc) is 3.06. The molecular formula is C17H21NO5. The van der Waals surface area contributed by atoms with E-state index in [-0.39, 0.29) is 31.8 Å². The molecule has 1 aromatic rings. The van der Waals surface area contributed by atoms with Gasteiger partial charge in [0.1, 0.15) is 18.5 Å². The van der Waals surface area contributed by atoms with Crippen molar-refractivity contribution in [3.05, 3.63) is 30.4 Å². The van der Waals surface area contributed by atoms with Crippen molar-refractivity contribution in [1.29, 1.82) is 0 Å². The van der Waals surface area contributed by atoms with Gasteiger partial charge in [0.15, 0.2) is 11.5 Å². The topological polar surface area (TPSA) is 77.0 Å². The molecule has 0 radical (unpaired) electrons. The number of benzene rings is 1. The van der Waals surface area contributed by atoms with Crippen LogP contribution in [0.1, 0.15) is 19.3 Å². The lowest BCUT2D eigenvalue weighted by Gasteiger charge is -2.19. The second kappa shape index (κ2) is 7.37. The summed E-state index contributed by atoms with van der Waals surface area (Å²) in [6.07, 6.45) is 5.95. The second-order valence-electron chi connectivity index (χ2n) is 5.71. The van der Waals surface area contributed by atoms with E-state index in [1.807, 2.05) is 6.08 Å². The number of aliphatic hydroxyl groups is 1. The van der Waals surface area contributed by atoms with E-state index in [2.05, 4.69) is 11.4 Å². The van der Waals surface area contributed by atoms with Gasteiger partial charge >= 0.3 is 0 Å². The maximum Gasteiger partial charge on any atom is 0.231 e. The third kappa shape index (κ3) is 4.16. The summed E-state index contributed by atoms with van der Waals surface area (Å²) in [7, 11) is 0. The Morgan fingerprint density at radius 3 is 3.04 bits per heavy atom. The molecule has 0 spiro atoms. The van der Waals surface area contributed by atoms with Crippen molar-refractivity contribution in [2.24, 2.45) is 5.92 Å². The lowest BCUT2D eigenvalue weighted by atomic mass is 9.94. The van der Waals surface area contributed by atoms with E-state index in [1.165, 1.54) is 0 Å². The van der Waals surface area contributed by atoms with Gasteiger partial charge in [0, 0.05) is 18.5 Å². The minimum absolute atomic E-state index is 0.00326. The molecule has 1 aliphatic carbocycles. The van der Waals surface area contributed by atoms with Crippen LogP contribution < -0.4 is 19.5 Å². The molecular weight excluding hydrogens is 298 g/mol. The summed E-state index contributed by atoms with van der Waals surface area (Å²) in [5, 5.41) is 12.7. The standard InChI is InChI=1S/C17H21NO5/c19-13(9-18-17(20)12-4-2-1-3-5-12)10-21-14-6-7-15-16(8-14)23-11-22-15/h1-2,6-8,12-13,19H,3-5,9-11H2,(H,18,20)/t12-,13+/m0/s1. The zero-order valence-electron chi connectivity index (χ0n) is 12.9. The maximum absolute atomic E-state index is 12.0. The number of aliphatic hydroxyl groups excluding tert-OH is 1. The Morgan fingerprint density at radius 1 is 1.35 bits per heavy atom. The molecule has 6 heteroatoms. The summed E-state index contributed by atoms with van der Waals surface area (Å²) in [6.45, 7) is 0.498. The number of ether oxygens (including phenoxy) is 3. The fraction of sp³-hybridized carbons (Fsp3) is 0.471. The van der Waals surface area contributed by atoms with Crippen LogP contribution in [-0.2, 0) is 4.79 Å². The number of rotatable bonds is 6. The first-order valence-electron chi connectivity index (χ1n) is 7.85. The lowest BCUT2D eigenvalue weighted by Crippen LogP contribution is -2.38. The molecule has 0 aromatic heterocycles. The number of carbonyl (C=O) groups is 1. The monoisotopic (exact) mass is 319 g/mol. The average molecular weight is 319 g/mol. The Kier molecular flexibility index (Phi) is 5.02. The molecule has 1 amide bonds. The fourth-order valence-electron chi connectivity index (χ4n) is 2.61. The highest BCUT2D eigenvalue weighted by Gasteiger charge is 2.19. The highest BCUT2D eigenvalue weighted by atomic mass is 16.7. The third-order valence-electron chi connectivity index (χ3n) is 3.94. The van der Waals surface area contributed by atoms with Crippen LogP contribution in [0.3, 0.4) is 0 Å². The first-order valence-corrected chi connectivity index (χ1v) is 7.85. The van der Waals surface area contributed by atoms with E-state index >= 15 is 0 Å². The summed E-state index contributed by atoms with van der Waals surface area (Å²) >= 11 is 0. The first kappa shape index (κ1) is 15.7. The Balaban J connectivity index is 1.40. The number of fused-ring (bicyclic) bond motifs is 1. The van der Waals surface area contributed by atoms with E-state index in [0.717, 1.165) is 19.3 Å². The molecule has 0 saturated carbocycles. The molecule has 1 aromatic carbocycles. The van der Waals surface area contributed by atoms with Gasteiger partial charge in [-0.1, -0.05) is 12.2 Å². The summed E-state index contributed by atoms with van der Waals surface area (Å²) < 4.78 is 16.0. The quantitative estimate of drug-likeness (QED) is 0.779. The normalized spacial score (nSPS) is 20.1. The van der Waals surface area contributed by atoms with Gasteiger partial charge in [-0.15, -0.1) is 0 Å². The van der Waals surface area contributed by atoms with E-state index in [1.54, 1.807) is 18.2 Å². The molecule has 2 atom stereocenters. The SMILES string of the molecule is O=C(NC[C@@H](O)COc1ccc2c(c1)OCO2)[C@H]1CC=CCC1. The van der Waals surface area contributed by atoms with Gasteiger partial charge in [-0.2, -0.15) is 0 Å². The summed E-state index contributed by atoms with van der Waals surface area (Å²) in [5.74, 6) is 1.93. The van der Waals surface area contributed by atoms with Crippen LogP contribution in [0.15, 0.2) is 30.4 Å². The van der Waals surface area contributed by atoms with Crippen molar-refractivity contribution >= 4 is 5.91 Å². The molecule has 0 bridgehead atoms. The van der Waals surface area contributed by atoms with Gasteiger partial charge < -0.3 is 24.6 Å². The number of amides is 1. The van der Waals surface area contributed by atoms with Gasteiger partial charge in [-0.3, -0.25) is 4.79 Å². The van der Waals surface area contributed by atoms with Crippen LogP contribution >= 0.6 is 0 Å². The van der Waals surface area contributed by atoms with Crippen molar-refractivity contribution in [3.63, 3.8) is 0 Å². The van der Waals surface area contributed by atoms with Crippen LogP contribution in [0, 0.1) is 5.92 Å². The summed E-state index contributed by atoms with van der Waals surface area (Å²) in [4.78, 5) is 12.0. The number of nitrogens with one attached hydrogen (secondary N) is 1. The van der Waals surface area contributed by atoms with Crippen molar-refractivity contribution in [2.45, 2.75) is 25.4 Å². The van der Waals surface area contributed by atoms with Gasteiger partial charge in [-0.25, -0.2) is 0 Å². The Morgan fingerprint density at radius 2 is 2.22 bits per heavy atom. The molecule has 2 N–H and O–H groups in total. The molecule has 23 heavy (non-hydrogen) atoms. The molecule has 2 aliphatic rings. The molecule has 6 nitrogen and oxygen atoms in total. The third-order valence-corrected chi connectivity index (χ3v) is 3.94. The smallest absolute Gasteiger partial charge is 0.231 e. The molecule has 124 valence electrons. The predicted molar refractivity (Wildman–Crippen MR) is 83.6 cm³/mol. The minimum Gasteiger partial charge on any atom is -0.491 e. The molecule has 0 saturated heterocycles. The van der Waals surface area contributed by atoms with Crippen molar-refractivity contribution in [2.75, 3.05) is 19.9 Å². The van der Waals surface area contributed by atoms with Gasteiger partial charge in [0.25, 0.3) is 0 Å². The Labute approximate surface area is 135 Å². The largest absolute Gasteiger partial charge is 0.491 e. The number of carbonyl (C=O) groups excluding carboxylic acids is 1. The van der Waals surface area contributed by atoms with E-state index in [0.29, 0.717) is 17.2 Å². The van der Waals surface area contributed by atoms with Crippen LogP contribution in [0.2, 0.25) is 0 Å². The molecule has 3 rings (SSSR count). The highest BCUT2D eigenvalue weighted by Crippen LogP contribution is 2.35. The van der Waals surface area contributed by atoms with Gasteiger partial charge in [-0.05, 0) is 31.4 Å². The van der Waals surface area contributed by atoms with E-state index in [4.69, 9.17) is 14.2 Å². The van der Waals surface area contributed by atoms with E-state index < -0.39 is 6.10 Å². The van der Waals surface area contributed by atoms with Crippen molar-refractivity contribution < 1.29 is 24.1 Å². The Bertz CT molecular complexity index is 586. The number of hydrogen-bond donors (Lipinski definition) is 2. The molecule has 1 heterocycles. The minimum atomic E-state index is -0.761. The fourth-order valence-corrected chi connectivity index (χ4v) is 2.61. The summed E-state index contributed by atoms with van der Waals surface area (Å²) in [5.41, 5.74) is 0. The zero-order valence-corrected chi connectivity index (χ0v) is 12.9. The first-order chi connectivity index (χ1) is 11.2. The molecule has 1 aliphatic heterocycles. The molecule has 0 fully saturated rings. The Hall–Kier alpha value is -2.21. The van der Waals surface area contributed by atoms with Crippen LogP contribution in [-0.4, -0.2) is 37.1 Å². The summed E-state index contributed by atoms with van der Waals surface area (Å²) in [6, 6.07) is 5.25. The number of hydrogen-bond acceptors (Lipinski definition) is 5.